The van der Waals surface area contributed by atoms with E-state index in [9.17, 15) is 14.7 Å². The first-order valence-electron chi connectivity index (χ1n) is 6.32. The molecule has 0 radical (unpaired) electrons. The van der Waals surface area contributed by atoms with Gasteiger partial charge in [0, 0.05) is 20.1 Å². The fourth-order valence-electron chi connectivity index (χ4n) is 2.25. The van der Waals surface area contributed by atoms with Crippen LogP contribution < -0.4 is 21.7 Å². The molecule has 2 rings (SSSR count). The van der Waals surface area contributed by atoms with Gasteiger partial charge in [0.25, 0.3) is 11.8 Å². The summed E-state index contributed by atoms with van der Waals surface area (Å²) in [6.45, 7) is 1.23. The molecule has 1 fully saturated rings. The molecule has 0 bridgehead atoms. The van der Waals surface area contributed by atoms with Crippen LogP contribution in [-0.2, 0) is 0 Å². The van der Waals surface area contributed by atoms with Crippen LogP contribution in [0.4, 0.5) is 10.7 Å². The highest BCUT2D eigenvalue weighted by Crippen LogP contribution is 2.39. The number of anilines is 2. The van der Waals surface area contributed by atoms with Gasteiger partial charge in [-0.15, -0.1) is 11.3 Å². The van der Waals surface area contributed by atoms with E-state index in [1.54, 1.807) is 0 Å². The molecule has 0 atom stereocenters. The van der Waals surface area contributed by atoms with Gasteiger partial charge in [-0.1, -0.05) is 0 Å². The minimum Gasteiger partial charge on any atom is -0.397 e. The molecule has 0 unspecified atom stereocenters. The fourth-order valence-corrected chi connectivity index (χ4v) is 3.37. The van der Waals surface area contributed by atoms with Crippen LogP contribution in [0.5, 0.6) is 0 Å². The van der Waals surface area contributed by atoms with Gasteiger partial charge in [0.1, 0.15) is 9.88 Å². The number of nitrogens with zero attached hydrogens (tertiary/aromatic N) is 1. The lowest BCUT2D eigenvalue weighted by atomic mass is 10.1. The maximum atomic E-state index is 12.0. The van der Waals surface area contributed by atoms with Gasteiger partial charge in [0.15, 0.2) is 0 Å². The lowest BCUT2D eigenvalue weighted by molar-refractivity contribution is 0.0964. The number of hydrogen-bond acceptors (Lipinski definition) is 6. The first-order valence-corrected chi connectivity index (χ1v) is 7.14. The molecule has 1 saturated heterocycles. The van der Waals surface area contributed by atoms with Crippen LogP contribution >= 0.6 is 11.3 Å². The summed E-state index contributed by atoms with van der Waals surface area (Å²) in [4.78, 5) is 25.5. The Morgan fingerprint density at radius 2 is 2.00 bits per heavy atom. The summed E-state index contributed by atoms with van der Waals surface area (Å²) in [6, 6.07) is 0. The molecule has 1 aromatic heterocycles. The van der Waals surface area contributed by atoms with E-state index in [4.69, 9.17) is 11.5 Å². The lowest BCUT2D eigenvalue weighted by Crippen LogP contribution is -2.36. The summed E-state index contributed by atoms with van der Waals surface area (Å²) in [6.07, 6.45) is 0.927. The van der Waals surface area contributed by atoms with Crippen molar-refractivity contribution in [2.24, 2.45) is 5.73 Å². The van der Waals surface area contributed by atoms with Crippen molar-refractivity contribution in [1.82, 2.24) is 5.32 Å². The Kier molecular flexibility index (Phi) is 4.15. The zero-order chi connectivity index (χ0) is 14.9. The van der Waals surface area contributed by atoms with E-state index in [-0.39, 0.29) is 22.6 Å². The molecule has 6 N–H and O–H groups in total. The first-order chi connectivity index (χ1) is 9.45. The Morgan fingerprint density at radius 1 is 1.40 bits per heavy atom. The molecule has 7 nitrogen and oxygen atoms in total. The molecule has 2 heterocycles. The molecule has 110 valence electrons. The van der Waals surface area contributed by atoms with Gasteiger partial charge >= 0.3 is 0 Å². The number of nitrogens with one attached hydrogen (secondary N) is 1. The van der Waals surface area contributed by atoms with Gasteiger partial charge in [-0.05, 0) is 12.8 Å². The summed E-state index contributed by atoms with van der Waals surface area (Å²) in [5.74, 6) is -0.978. The topological polar surface area (TPSA) is 122 Å². The molecule has 1 aliphatic rings. The summed E-state index contributed by atoms with van der Waals surface area (Å²) >= 11 is 1.13. The zero-order valence-corrected chi connectivity index (χ0v) is 12.0. The highest BCUT2D eigenvalue weighted by atomic mass is 32.1. The molecule has 0 aromatic carbocycles. The summed E-state index contributed by atoms with van der Waals surface area (Å²) in [7, 11) is 1.51. The second-order valence-corrected chi connectivity index (χ2v) is 5.69. The van der Waals surface area contributed by atoms with E-state index in [1.807, 2.05) is 4.90 Å². The highest BCUT2D eigenvalue weighted by molar-refractivity contribution is 7.19. The largest absolute Gasteiger partial charge is 0.397 e. The number of amides is 2. The van der Waals surface area contributed by atoms with Crippen LogP contribution in [0.25, 0.3) is 0 Å². The van der Waals surface area contributed by atoms with Gasteiger partial charge in [-0.2, -0.15) is 0 Å². The van der Waals surface area contributed by atoms with E-state index < -0.39 is 5.91 Å². The molecule has 1 aromatic rings. The monoisotopic (exact) mass is 298 g/mol. The second kappa shape index (κ2) is 5.68. The van der Waals surface area contributed by atoms with Crippen molar-refractivity contribution < 1.29 is 14.7 Å². The SMILES string of the molecule is CNC(=O)c1c(N2CCC(O)CC2)sc(C(N)=O)c1N. The van der Waals surface area contributed by atoms with Crippen LogP contribution in [-0.4, -0.2) is 43.2 Å². The zero-order valence-electron chi connectivity index (χ0n) is 11.2. The van der Waals surface area contributed by atoms with Gasteiger partial charge in [0.2, 0.25) is 0 Å². The van der Waals surface area contributed by atoms with Gasteiger partial charge in [0.05, 0.1) is 17.4 Å². The third kappa shape index (κ3) is 2.56. The van der Waals surface area contributed by atoms with E-state index >= 15 is 0 Å². The van der Waals surface area contributed by atoms with E-state index in [1.165, 1.54) is 7.05 Å². The van der Waals surface area contributed by atoms with Crippen molar-refractivity contribution >= 4 is 33.8 Å². The Balaban J connectivity index is 2.43. The Hall–Kier alpha value is -1.80. The van der Waals surface area contributed by atoms with Crippen molar-refractivity contribution in [2.75, 3.05) is 30.8 Å². The van der Waals surface area contributed by atoms with Crippen LogP contribution in [0.2, 0.25) is 0 Å². The Bertz CT molecular complexity index is 535. The van der Waals surface area contributed by atoms with Crippen molar-refractivity contribution in [2.45, 2.75) is 18.9 Å². The number of hydrogen-bond donors (Lipinski definition) is 4. The molecule has 20 heavy (non-hydrogen) atoms. The number of primary amides is 1. The minimum absolute atomic E-state index is 0.128. The van der Waals surface area contributed by atoms with E-state index in [0.717, 1.165) is 11.3 Å². The predicted molar refractivity (Wildman–Crippen MR) is 78.1 cm³/mol. The van der Waals surface area contributed by atoms with Crippen LogP contribution in [0, 0.1) is 0 Å². The van der Waals surface area contributed by atoms with Gasteiger partial charge in [-0.3, -0.25) is 9.59 Å². The fraction of sp³-hybridized carbons (Fsp3) is 0.500. The molecular weight excluding hydrogens is 280 g/mol. The van der Waals surface area contributed by atoms with Crippen molar-refractivity contribution in [3.63, 3.8) is 0 Å². The number of carbonyl (C=O) groups excluding carboxylic acids is 2. The summed E-state index contributed by atoms with van der Waals surface area (Å²) in [5, 5.41) is 12.7. The molecule has 0 saturated carbocycles. The standard InChI is InChI=1S/C12H18N4O3S/c1-15-11(19)7-8(13)9(10(14)18)20-12(7)16-4-2-6(17)3-5-16/h6,17H,2-5,13H2,1H3,(H2,14,18)(H,15,19). The lowest BCUT2D eigenvalue weighted by Gasteiger charge is -2.30. The highest BCUT2D eigenvalue weighted by Gasteiger charge is 2.29. The van der Waals surface area contributed by atoms with E-state index in [2.05, 4.69) is 5.32 Å². The van der Waals surface area contributed by atoms with Gasteiger partial charge < -0.3 is 26.8 Å². The van der Waals surface area contributed by atoms with Crippen LogP contribution in [0.1, 0.15) is 32.9 Å². The number of nitrogen functional groups attached to an aromatic ring is 1. The van der Waals surface area contributed by atoms with E-state index in [0.29, 0.717) is 36.5 Å². The van der Waals surface area contributed by atoms with Crippen molar-refractivity contribution in [3.8, 4) is 0 Å². The van der Waals surface area contributed by atoms with Crippen LogP contribution in [0.3, 0.4) is 0 Å². The predicted octanol–water partition coefficient (Wildman–Crippen LogP) is -0.250. The molecular formula is C12H18N4O3S. The van der Waals surface area contributed by atoms with Gasteiger partial charge in [-0.25, -0.2) is 0 Å². The number of piperidine rings is 1. The quantitative estimate of drug-likeness (QED) is 0.613. The molecule has 2 amide bonds. The minimum atomic E-state index is -0.638. The second-order valence-electron chi connectivity index (χ2n) is 4.69. The number of nitrogens with two attached hydrogens (primary N) is 2. The number of thiophene rings is 1. The summed E-state index contributed by atoms with van der Waals surface area (Å²) in [5.41, 5.74) is 11.6. The maximum Gasteiger partial charge on any atom is 0.260 e. The first kappa shape index (κ1) is 14.6. The Labute approximate surface area is 120 Å². The summed E-state index contributed by atoms with van der Waals surface area (Å²) < 4.78 is 0. The molecule has 0 aliphatic carbocycles. The average Bonchev–Trinajstić information content (AvgIpc) is 2.76. The average molecular weight is 298 g/mol. The number of aliphatic hydroxyl groups is 1. The normalized spacial score (nSPS) is 16.2. The number of carbonyl (C=O) groups is 2. The Morgan fingerprint density at radius 3 is 2.50 bits per heavy atom. The van der Waals surface area contributed by atoms with Crippen LogP contribution in [0.15, 0.2) is 0 Å². The smallest absolute Gasteiger partial charge is 0.260 e. The maximum absolute atomic E-state index is 12.0. The molecule has 1 aliphatic heterocycles. The molecule has 8 heteroatoms. The molecule has 0 spiro atoms. The number of aliphatic hydroxyl groups excluding tert-OH is 1. The van der Waals surface area contributed by atoms with Crippen molar-refractivity contribution in [3.05, 3.63) is 10.4 Å². The van der Waals surface area contributed by atoms with Crippen molar-refractivity contribution in [1.29, 1.82) is 0 Å². The third-order valence-electron chi connectivity index (χ3n) is 3.36. The third-order valence-corrected chi connectivity index (χ3v) is 4.64. The number of rotatable bonds is 3.